The monoisotopic (exact) mass is 462 g/mol. The fraction of sp³-hybridized carbons (Fsp3) is 0.227. The van der Waals surface area contributed by atoms with Crippen LogP contribution in [-0.4, -0.2) is 31.6 Å². The van der Waals surface area contributed by atoms with E-state index in [1.807, 2.05) is 6.07 Å². The Kier molecular flexibility index (Phi) is 8.74. The van der Waals surface area contributed by atoms with Gasteiger partial charge in [0.25, 0.3) is 5.91 Å². The molecule has 162 valence electrons. The van der Waals surface area contributed by atoms with Gasteiger partial charge in [-0.2, -0.15) is 5.26 Å². The lowest BCUT2D eigenvalue weighted by atomic mass is 10.1. The molecule has 0 aromatic heterocycles. The van der Waals surface area contributed by atoms with Crippen molar-refractivity contribution in [3.05, 3.63) is 57.6 Å². The SMILES string of the molecule is COc1cc(/C=C(\C#N)C(=O)NC(C)C)ccc1OC(=O)COc1ccc(Cl)cc1Cl. The second-order valence-electron chi connectivity index (χ2n) is 6.55. The van der Waals surface area contributed by atoms with Crippen LogP contribution in [0.25, 0.3) is 6.08 Å². The molecule has 2 aromatic rings. The Hall–Kier alpha value is -3.21. The summed E-state index contributed by atoms with van der Waals surface area (Å²) < 4.78 is 15.9. The third kappa shape index (κ3) is 7.21. The van der Waals surface area contributed by atoms with Crippen LogP contribution < -0.4 is 19.5 Å². The number of ether oxygens (including phenoxy) is 3. The van der Waals surface area contributed by atoms with Gasteiger partial charge in [0.15, 0.2) is 18.1 Å². The van der Waals surface area contributed by atoms with E-state index in [-0.39, 0.29) is 34.7 Å². The van der Waals surface area contributed by atoms with Crippen molar-refractivity contribution in [2.75, 3.05) is 13.7 Å². The first-order valence-electron chi connectivity index (χ1n) is 9.12. The number of benzene rings is 2. The summed E-state index contributed by atoms with van der Waals surface area (Å²) in [6.45, 7) is 3.20. The topological polar surface area (TPSA) is 97.6 Å². The Bertz CT molecular complexity index is 1040. The van der Waals surface area contributed by atoms with Crippen molar-refractivity contribution in [1.29, 1.82) is 5.26 Å². The van der Waals surface area contributed by atoms with Gasteiger partial charge in [-0.15, -0.1) is 0 Å². The highest BCUT2D eigenvalue weighted by Gasteiger charge is 2.14. The summed E-state index contributed by atoms with van der Waals surface area (Å²) >= 11 is 11.8. The molecule has 1 amide bonds. The third-order valence-corrected chi connectivity index (χ3v) is 4.28. The van der Waals surface area contributed by atoms with E-state index >= 15 is 0 Å². The summed E-state index contributed by atoms with van der Waals surface area (Å²) in [4.78, 5) is 24.2. The summed E-state index contributed by atoms with van der Waals surface area (Å²) in [5.74, 6) is -0.473. The van der Waals surface area contributed by atoms with E-state index in [2.05, 4.69) is 5.32 Å². The molecular weight excluding hydrogens is 443 g/mol. The molecule has 0 saturated carbocycles. The molecule has 7 nitrogen and oxygen atoms in total. The Morgan fingerprint density at radius 1 is 1.13 bits per heavy atom. The molecule has 31 heavy (non-hydrogen) atoms. The number of hydrogen-bond acceptors (Lipinski definition) is 6. The second kappa shape index (κ2) is 11.3. The summed E-state index contributed by atoms with van der Waals surface area (Å²) in [6.07, 6.45) is 1.41. The molecule has 0 aliphatic rings. The van der Waals surface area contributed by atoms with Crippen LogP contribution in [0.4, 0.5) is 0 Å². The van der Waals surface area contributed by atoms with Crippen molar-refractivity contribution in [3.63, 3.8) is 0 Å². The van der Waals surface area contributed by atoms with Gasteiger partial charge in [-0.1, -0.05) is 29.3 Å². The van der Waals surface area contributed by atoms with Crippen LogP contribution in [0.5, 0.6) is 17.2 Å². The number of nitrogens with zero attached hydrogens (tertiary/aromatic N) is 1. The van der Waals surface area contributed by atoms with Crippen LogP contribution in [0.15, 0.2) is 42.0 Å². The molecule has 9 heteroatoms. The van der Waals surface area contributed by atoms with E-state index < -0.39 is 11.9 Å². The average Bonchev–Trinajstić information content (AvgIpc) is 2.71. The molecule has 0 aliphatic heterocycles. The number of amides is 1. The highest BCUT2D eigenvalue weighted by atomic mass is 35.5. The van der Waals surface area contributed by atoms with Gasteiger partial charge < -0.3 is 19.5 Å². The average molecular weight is 463 g/mol. The van der Waals surface area contributed by atoms with Crippen molar-refractivity contribution in [2.24, 2.45) is 0 Å². The minimum absolute atomic E-state index is 0.0614. The molecule has 0 heterocycles. The molecule has 0 fully saturated rings. The van der Waals surface area contributed by atoms with Crippen LogP contribution in [-0.2, 0) is 9.59 Å². The molecular formula is C22H20Cl2N2O5. The Balaban J connectivity index is 2.10. The minimum Gasteiger partial charge on any atom is -0.493 e. The van der Waals surface area contributed by atoms with E-state index in [9.17, 15) is 14.9 Å². The van der Waals surface area contributed by atoms with Gasteiger partial charge in [-0.05, 0) is 55.8 Å². The number of hydrogen-bond donors (Lipinski definition) is 1. The molecule has 0 bridgehead atoms. The second-order valence-corrected chi connectivity index (χ2v) is 7.39. The van der Waals surface area contributed by atoms with Crippen molar-refractivity contribution < 1.29 is 23.8 Å². The predicted molar refractivity (Wildman–Crippen MR) is 117 cm³/mol. The summed E-state index contributed by atoms with van der Waals surface area (Å²) in [6, 6.07) is 11.0. The Morgan fingerprint density at radius 3 is 2.45 bits per heavy atom. The first kappa shape index (κ1) is 24.1. The van der Waals surface area contributed by atoms with Crippen molar-refractivity contribution in [3.8, 4) is 23.3 Å². The first-order chi connectivity index (χ1) is 14.7. The number of halogens is 2. The molecule has 2 aromatic carbocycles. The zero-order chi connectivity index (χ0) is 23.0. The van der Waals surface area contributed by atoms with E-state index in [0.717, 1.165) is 0 Å². The Morgan fingerprint density at radius 2 is 1.84 bits per heavy atom. The van der Waals surface area contributed by atoms with Crippen LogP contribution in [0, 0.1) is 11.3 Å². The number of nitriles is 1. The van der Waals surface area contributed by atoms with Gasteiger partial charge in [0.2, 0.25) is 0 Å². The van der Waals surface area contributed by atoms with Gasteiger partial charge in [-0.3, -0.25) is 4.79 Å². The third-order valence-electron chi connectivity index (χ3n) is 3.75. The zero-order valence-electron chi connectivity index (χ0n) is 17.1. The largest absolute Gasteiger partial charge is 0.493 e. The molecule has 0 spiro atoms. The fourth-order valence-electron chi connectivity index (χ4n) is 2.39. The maximum atomic E-state index is 12.2. The highest BCUT2D eigenvalue weighted by Crippen LogP contribution is 2.30. The van der Waals surface area contributed by atoms with Crippen LogP contribution in [0.3, 0.4) is 0 Å². The predicted octanol–water partition coefficient (Wildman–Crippen LogP) is 4.42. The van der Waals surface area contributed by atoms with E-state index in [0.29, 0.717) is 16.3 Å². The van der Waals surface area contributed by atoms with Crippen molar-refractivity contribution in [2.45, 2.75) is 19.9 Å². The number of carbonyl (C=O) groups is 2. The van der Waals surface area contributed by atoms with E-state index in [4.69, 9.17) is 37.4 Å². The van der Waals surface area contributed by atoms with Crippen molar-refractivity contribution >= 4 is 41.2 Å². The first-order valence-corrected chi connectivity index (χ1v) is 9.88. The van der Waals surface area contributed by atoms with Gasteiger partial charge in [0, 0.05) is 11.1 Å². The van der Waals surface area contributed by atoms with Crippen LogP contribution in [0.2, 0.25) is 10.0 Å². The lowest BCUT2D eigenvalue weighted by molar-refractivity contribution is -0.136. The number of rotatable bonds is 8. The lowest BCUT2D eigenvalue weighted by Gasteiger charge is -2.12. The number of nitrogens with one attached hydrogen (secondary N) is 1. The number of methoxy groups -OCH3 is 1. The van der Waals surface area contributed by atoms with Gasteiger partial charge in [-0.25, -0.2) is 4.79 Å². The fourth-order valence-corrected chi connectivity index (χ4v) is 2.86. The van der Waals surface area contributed by atoms with Crippen LogP contribution >= 0.6 is 23.2 Å². The minimum atomic E-state index is -0.679. The van der Waals surface area contributed by atoms with Crippen LogP contribution in [0.1, 0.15) is 19.4 Å². The molecule has 1 N–H and O–H groups in total. The molecule has 0 radical (unpaired) electrons. The normalized spacial score (nSPS) is 10.9. The molecule has 0 atom stereocenters. The molecule has 0 unspecified atom stereocenters. The quantitative estimate of drug-likeness (QED) is 0.270. The van der Waals surface area contributed by atoms with E-state index in [1.54, 1.807) is 38.1 Å². The van der Waals surface area contributed by atoms with Crippen molar-refractivity contribution in [1.82, 2.24) is 5.32 Å². The number of esters is 1. The maximum Gasteiger partial charge on any atom is 0.349 e. The molecule has 2 rings (SSSR count). The smallest absolute Gasteiger partial charge is 0.349 e. The molecule has 0 saturated heterocycles. The van der Waals surface area contributed by atoms with Gasteiger partial charge in [0.1, 0.15) is 17.4 Å². The molecule has 0 aliphatic carbocycles. The maximum absolute atomic E-state index is 12.2. The van der Waals surface area contributed by atoms with Gasteiger partial charge >= 0.3 is 5.97 Å². The van der Waals surface area contributed by atoms with Gasteiger partial charge in [0.05, 0.1) is 12.1 Å². The highest BCUT2D eigenvalue weighted by molar-refractivity contribution is 6.35. The lowest BCUT2D eigenvalue weighted by Crippen LogP contribution is -2.30. The van der Waals surface area contributed by atoms with E-state index in [1.165, 1.54) is 25.3 Å². The number of carbonyl (C=O) groups excluding carboxylic acids is 2. The zero-order valence-corrected chi connectivity index (χ0v) is 18.6. The summed E-state index contributed by atoms with van der Waals surface area (Å²) in [5, 5.41) is 12.6. The summed E-state index contributed by atoms with van der Waals surface area (Å²) in [5.41, 5.74) is 0.463. The standard InChI is InChI=1S/C22H20Cl2N2O5/c1-13(2)26-22(28)15(11-25)8-14-4-6-19(20(9-14)29-3)31-21(27)12-30-18-7-5-16(23)10-17(18)24/h4-10,13H,12H2,1-3H3,(H,26,28)/b15-8+. The Labute approximate surface area is 190 Å². The summed E-state index contributed by atoms with van der Waals surface area (Å²) in [7, 11) is 1.40.